The Balaban J connectivity index is 2.19. The predicted octanol–water partition coefficient (Wildman–Crippen LogP) is 0.165. The van der Waals surface area contributed by atoms with E-state index in [0.29, 0.717) is 6.54 Å². The van der Waals surface area contributed by atoms with Crippen LogP contribution < -0.4 is 10.5 Å². The lowest BCUT2D eigenvalue weighted by Gasteiger charge is -2.03. The Labute approximate surface area is 92.3 Å². The van der Waals surface area contributed by atoms with Crippen LogP contribution in [0.1, 0.15) is 11.3 Å². The molecule has 0 unspecified atom stereocenters. The zero-order valence-electron chi connectivity index (χ0n) is 9.08. The van der Waals surface area contributed by atoms with Crippen LogP contribution >= 0.6 is 0 Å². The van der Waals surface area contributed by atoms with Crippen LogP contribution in [0.4, 0.5) is 0 Å². The van der Waals surface area contributed by atoms with Crippen LogP contribution in [0.25, 0.3) is 0 Å². The highest BCUT2D eigenvalue weighted by Gasteiger charge is 2.06. The first kappa shape index (κ1) is 10.5. The topological polar surface area (TPSA) is 91.7 Å². The monoisotopic (exact) mass is 220 g/mol. The molecule has 16 heavy (non-hydrogen) atoms. The van der Waals surface area contributed by atoms with Crippen molar-refractivity contribution in [3.8, 4) is 12.0 Å². The lowest BCUT2D eigenvalue weighted by Crippen LogP contribution is -2.03. The van der Waals surface area contributed by atoms with Crippen molar-refractivity contribution in [2.45, 2.75) is 13.5 Å². The molecule has 0 spiro atoms. The van der Waals surface area contributed by atoms with E-state index in [9.17, 15) is 0 Å². The Hall–Kier alpha value is -2.02. The number of hydrogen-bond acceptors (Lipinski definition) is 6. The van der Waals surface area contributed by atoms with Crippen molar-refractivity contribution in [2.75, 3.05) is 0 Å². The number of ether oxygens (including phenoxy) is 1. The molecular weight excluding hydrogens is 208 g/mol. The highest BCUT2D eigenvalue weighted by molar-refractivity contribution is 5.18. The standard InChI is InChI=1S/C9H12N6O/c1-6-7(3-10)4-11-8(13-6)16-9-12-5-15(2)14-9/h4-5H,3,10H2,1-2H3. The van der Waals surface area contributed by atoms with Crippen molar-refractivity contribution in [3.05, 3.63) is 23.8 Å². The maximum absolute atomic E-state index is 5.51. The van der Waals surface area contributed by atoms with Crippen molar-refractivity contribution in [1.82, 2.24) is 24.7 Å². The highest BCUT2D eigenvalue weighted by Crippen LogP contribution is 2.13. The predicted molar refractivity (Wildman–Crippen MR) is 55.7 cm³/mol. The Bertz CT molecular complexity index is 494. The van der Waals surface area contributed by atoms with E-state index in [1.807, 2.05) is 6.92 Å². The Kier molecular flexibility index (Phi) is 2.78. The van der Waals surface area contributed by atoms with Gasteiger partial charge in [-0.3, -0.25) is 4.68 Å². The second-order valence-electron chi connectivity index (χ2n) is 3.27. The first-order valence-corrected chi connectivity index (χ1v) is 4.75. The molecule has 0 radical (unpaired) electrons. The minimum atomic E-state index is 0.223. The number of rotatable bonds is 3. The average molecular weight is 220 g/mol. The van der Waals surface area contributed by atoms with Gasteiger partial charge in [-0.2, -0.15) is 9.97 Å². The van der Waals surface area contributed by atoms with Crippen LogP contribution in [-0.2, 0) is 13.6 Å². The summed E-state index contributed by atoms with van der Waals surface area (Å²) in [7, 11) is 1.75. The smallest absolute Gasteiger partial charge is 0.343 e. The van der Waals surface area contributed by atoms with Crippen LogP contribution in [0.15, 0.2) is 12.5 Å². The zero-order valence-corrected chi connectivity index (χ0v) is 9.08. The third kappa shape index (κ3) is 2.14. The third-order valence-corrected chi connectivity index (χ3v) is 2.04. The molecule has 0 aliphatic heterocycles. The fourth-order valence-electron chi connectivity index (χ4n) is 1.17. The molecule has 2 aromatic rings. The molecule has 2 rings (SSSR count). The van der Waals surface area contributed by atoms with Gasteiger partial charge in [-0.15, -0.1) is 5.10 Å². The van der Waals surface area contributed by atoms with Gasteiger partial charge in [-0.25, -0.2) is 4.98 Å². The number of hydrogen-bond donors (Lipinski definition) is 1. The third-order valence-electron chi connectivity index (χ3n) is 2.04. The molecule has 84 valence electrons. The molecule has 0 aromatic carbocycles. The van der Waals surface area contributed by atoms with Gasteiger partial charge in [0.15, 0.2) is 0 Å². The second-order valence-corrected chi connectivity index (χ2v) is 3.27. The molecule has 0 atom stereocenters. The van der Waals surface area contributed by atoms with Gasteiger partial charge in [-0.05, 0) is 6.92 Å². The molecular formula is C9H12N6O. The van der Waals surface area contributed by atoms with E-state index >= 15 is 0 Å². The zero-order chi connectivity index (χ0) is 11.5. The van der Waals surface area contributed by atoms with Gasteiger partial charge in [-0.1, -0.05) is 0 Å². The van der Waals surface area contributed by atoms with E-state index in [1.54, 1.807) is 13.2 Å². The van der Waals surface area contributed by atoms with Crippen LogP contribution in [-0.4, -0.2) is 24.7 Å². The summed E-state index contributed by atoms with van der Waals surface area (Å²) in [4.78, 5) is 12.1. The van der Waals surface area contributed by atoms with Gasteiger partial charge >= 0.3 is 12.0 Å². The van der Waals surface area contributed by atoms with Gasteiger partial charge in [0, 0.05) is 31.0 Å². The van der Waals surface area contributed by atoms with Crippen LogP contribution in [0.3, 0.4) is 0 Å². The van der Waals surface area contributed by atoms with Gasteiger partial charge in [0.1, 0.15) is 6.33 Å². The molecule has 0 fully saturated rings. The number of nitrogens with zero attached hydrogens (tertiary/aromatic N) is 5. The van der Waals surface area contributed by atoms with Crippen LogP contribution in [0.2, 0.25) is 0 Å². The molecule has 2 aromatic heterocycles. The van der Waals surface area contributed by atoms with E-state index in [2.05, 4.69) is 20.1 Å². The van der Waals surface area contributed by atoms with Crippen molar-refractivity contribution in [3.63, 3.8) is 0 Å². The summed E-state index contributed by atoms with van der Waals surface area (Å²) < 4.78 is 6.81. The number of nitrogens with two attached hydrogens (primary N) is 1. The summed E-state index contributed by atoms with van der Waals surface area (Å²) in [5, 5.41) is 3.96. The molecule has 0 aliphatic rings. The minimum Gasteiger partial charge on any atom is -0.387 e. The molecule has 0 amide bonds. The van der Waals surface area contributed by atoms with Gasteiger partial charge < -0.3 is 10.5 Å². The molecule has 0 aliphatic carbocycles. The van der Waals surface area contributed by atoms with E-state index in [-0.39, 0.29) is 12.0 Å². The minimum absolute atomic E-state index is 0.223. The summed E-state index contributed by atoms with van der Waals surface area (Å²) in [6.07, 6.45) is 3.18. The Morgan fingerprint density at radius 3 is 2.75 bits per heavy atom. The van der Waals surface area contributed by atoms with Crippen molar-refractivity contribution in [1.29, 1.82) is 0 Å². The molecule has 7 nitrogen and oxygen atoms in total. The highest BCUT2D eigenvalue weighted by atomic mass is 16.5. The molecule has 0 saturated heterocycles. The summed E-state index contributed by atoms with van der Waals surface area (Å²) in [5.41, 5.74) is 7.19. The summed E-state index contributed by atoms with van der Waals surface area (Å²) in [5.74, 6) is 0. The van der Waals surface area contributed by atoms with Crippen molar-refractivity contribution < 1.29 is 4.74 Å². The Morgan fingerprint density at radius 2 is 2.19 bits per heavy atom. The second kappa shape index (κ2) is 4.23. The average Bonchev–Trinajstić information content (AvgIpc) is 2.64. The SMILES string of the molecule is Cc1nc(Oc2ncn(C)n2)ncc1CN. The van der Waals surface area contributed by atoms with Crippen LogP contribution in [0, 0.1) is 6.92 Å². The maximum Gasteiger partial charge on any atom is 0.343 e. The lowest BCUT2D eigenvalue weighted by molar-refractivity contribution is 0.403. The van der Waals surface area contributed by atoms with Gasteiger partial charge in [0.2, 0.25) is 0 Å². The van der Waals surface area contributed by atoms with Crippen molar-refractivity contribution >= 4 is 0 Å². The first-order chi connectivity index (χ1) is 7.69. The van der Waals surface area contributed by atoms with E-state index < -0.39 is 0 Å². The van der Waals surface area contributed by atoms with Crippen molar-refractivity contribution in [2.24, 2.45) is 12.8 Å². The van der Waals surface area contributed by atoms with Gasteiger partial charge in [0.05, 0.1) is 0 Å². The normalized spacial score (nSPS) is 10.4. The number of aryl methyl sites for hydroxylation is 2. The number of aromatic nitrogens is 5. The largest absolute Gasteiger partial charge is 0.387 e. The fraction of sp³-hybridized carbons (Fsp3) is 0.333. The lowest BCUT2D eigenvalue weighted by atomic mass is 10.2. The quantitative estimate of drug-likeness (QED) is 0.792. The molecule has 2 N–H and O–H groups in total. The van der Waals surface area contributed by atoms with E-state index in [4.69, 9.17) is 10.5 Å². The fourth-order valence-corrected chi connectivity index (χ4v) is 1.17. The van der Waals surface area contributed by atoms with Crippen LogP contribution in [0.5, 0.6) is 12.0 Å². The molecule has 2 heterocycles. The summed E-state index contributed by atoms with van der Waals surface area (Å²) >= 11 is 0. The summed E-state index contributed by atoms with van der Waals surface area (Å²) in [6, 6.07) is 0.447. The Morgan fingerprint density at radius 1 is 1.38 bits per heavy atom. The first-order valence-electron chi connectivity index (χ1n) is 4.75. The van der Waals surface area contributed by atoms with Gasteiger partial charge in [0.25, 0.3) is 0 Å². The summed E-state index contributed by atoms with van der Waals surface area (Å²) in [6.45, 7) is 2.26. The maximum atomic E-state index is 5.51. The molecule has 0 bridgehead atoms. The molecule has 7 heteroatoms. The molecule has 0 saturated carbocycles. The van der Waals surface area contributed by atoms with E-state index in [1.165, 1.54) is 11.0 Å². The van der Waals surface area contributed by atoms with E-state index in [0.717, 1.165) is 11.3 Å².